The van der Waals surface area contributed by atoms with Crippen molar-refractivity contribution < 1.29 is 24.2 Å². The van der Waals surface area contributed by atoms with Crippen molar-refractivity contribution in [3.05, 3.63) is 94.5 Å². The molecule has 3 aromatic carbocycles. The lowest BCUT2D eigenvalue weighted by molar-refractivity contribution is -0.142. The molecule has 0 bridgehead atoms. The Labute approximate surface area is 206 Å². The number of rotatable bonds is 6. The molecule has 0 heterocycles. The van der Waals surface area contributed by atoms with E-state index in [0.717, 1.165) is 24.0 Å². The maximum Gasteiger partial charge on any atom is 0.357 e. The van der Waals surface area contributed by atoms with Gasteiger partial charge in [0.05, 0.1) is 5.56 Å². The third-order valence-corrected chi connectivity index (χ3v) is 6.99. The van der Waals surface area contributed by atoms with E-state index < -0.39 is 18.0 Å². The van der Waals surface area contributed by atoms with Gasteiger partial charge >= 0.3 is 11.9 Å². The molecular formula is C30H32O5. The number of carbonyl (C=O) groups is 2. The number of carboxylic acids is 1. The molecular weight excluding hydrogens is 440 g/mol. The Morgan fingerprint density at radius 1 is 0.800 bits per heavy atom. The van der Waals surface area contributed by atoms with Gasteiger partial charge in [0.1, 0.15) is 11.5 Å². The van der Waals surface area contributed by atoms with E-state index in [1.165, 1.54) is 35.4 Å². The average Bonchev–Trinajstić information content (AvgIpc) is 2.82. The maximum atomic E-state index is 13.4. The van der Waals surface area contributed by atoms with E-state index in [-0.39, 0.29) is 22.1 Å². The van der Waals surface area contributed by atoms with Gasteiger partial charge in [0.15, 0.2) is 0 Å². The summed E-state index contributed by atoms with van der Waals surface area (Å²) in [6.45, 7) is 11.0. The highest BCUT2D eigenvalue weighted by molar-refractivity contribution is 5.88. The smallest absolute Gasteiger partial charge is 0.357 e. The van der Waals surface area contributed by atoms with Crippen LogP contribution in [0.4, 0.5) is 0 Å². The molecule has 35 heavy (non-hydrogen) atoms. The molecule has 0 aliphatic heterocycles. The molecule has 0 saturated heterocycles. The van der Waals surface area contributed by atoms with Crippen LogP contribution in [0.2, 0.25) is 0 Å². The number of carbonyl (C=O) groups excluding carboxylic acids is 1. The highest BCUT2D eigenvalue weighted by Gasteiger charge is 2.38. The molecule has 1 atom stereocenters. The molecule has 0 amide bonds. The minimum absolute atomic E-state index is 0.0220. The van der Waals surface area contributed by atoms with Gasteiger partial charge in [0.2, 0.25) is 6.10 Å². The first kappa shape index (κ1) is 24.5. The predicted molar refractivity (Wildman–Crippen MR) is 135 cm³/mol. The number of esters is 1. The van der Waals surface area contributed by atoms with Crippen molar-refractivity contribution >= 4 is 11.9 Å². The quantitative estimate of drug-likeness (QED) is 0.317. The molecule has 0 saturated carbocycles. The fourth-order valence-corrected chi connectivity index (χ4v) is 4.61. The highest BCUT2D eigenvalue weighted by Crippen LogP contribution is 2.46. The van der Waals surface area contributed by atoms with Crippen LogP contribution >= 0.6 is 0 Å². The molecule has 1 aliphatic carbocycles. The van der Waals surface area contributed by atoms with Crippen LogP contribution in [0, 0.1) is 6.92 Å². The number of carboxylic acid groups (broad SMARTS) is 1. The topological polar surface area (TPSA) is 72.8 Å². The van der Waals surface area contributed by atoms with Crippen molar-refractivity contribution in [3.63, 3.8) is 0 Å². The normalized spacial score (nSPS) is 16.6. The SMILES string of the molecule is Cc1ccc(OC(C(=O)Oc2ccc(C(=O)O)cc2)c2ccc3c(c2)C(C)(C)CCC3(C)C)cc1. The molecule has 182 valence electrons. The minimum atomic E-state index is -1.04. The summed E-state index contributed by atoms with van der Waals surface area (Å²) in [5, 5.41) is 9.13. The lowest BCUT2D eigenvalue weighted by Gasteiger charge is -2.42. The van der Waals surface area contributed by atoms with Crippen molar-refractivity contribution in [2.24, 2.45) is 0 Å². The summed E-state index contributed by atoms with van der Waals surface area (Å²) in [5.41, 5.74) is 4.49. The standard InChI is InChI=1S/C30H32O5/c1-19-6-11-22(12-7-19)34-26(28(33)35-23-13-8-20(9-14-23)27(31)32)21-10-15-24-25(18-21)30(4,5)17-16-29(24,2)3/h6-15,18,26H,16-17H2,1-5H3,(H,31,32). The van der Waals surface area contributed by atoms with Crippen LogP contribution in [0.1, 0.15) is 79.3 Å². The second kappa shape index (κ2) is 9.21. The molecule has 5 heteroatoms. The number of ether oxygens (including phenoxy) is 2. The van der Waals surface area contributed by atoms with Crippen molar-refractivity contribution in [1.82, 2.24) is 0 Å². The molecule has 1 unspecified atom stereocenters. The highest BCUT2D eigenvalue weighted by atomic mass is 16.6. The van der Waals surface area contributed by atoms with Gasteiger partial charge in [-0.2, -0.15) is 0 Å². The van der Waals surface area contributed by atoms with E-state index in [0.29, 0.717) is 5.75 Å². The molecule has 1 N–H and O–H groups in total. The molecule has 0 radical (unpaired) electrons. The monoisotopic (exact) mass is 472 g/mol. The molecule has 5 nitrogen and oxygen atoms in total. The predicted octanol–water partition coefficient (Wildman–Crippen LogP) is 6.77. The Balaban J connectivity index is 1.71. The molecule has 1 aliphatic rings. The Kier molecular flexibility index (Phi) is 6.46. The van der Waals surface area contributed by atoms with Crippen LogP contribution < -0.4 is 9.47 Å². The van der Waals surface area contributed by atoms with Gasteiger partial charge in [0.25, 0.3) is 0 Å². The first-order chi connectivity index (χ1) is 16.5. The number of hydrogen-bond donors (Lipinski definition) is 1. The fraction of sp³-hybridized carbons (Fsp3) is 0.333. The van der Waals surface area contributed by atoms with E-state index in [4.69, 9.17) is 14.6 Å². The number of benzene rings is 3. The largest absolute Gasteiger partial charge is 0.478 e. The first-order valence-corrected chi connectivity index (χ1v) is 11.9. The third kappa shape index (κ3) is 5.24. The van der Waals surface area contributed by atoms with Crippen molar-refractivity contribution in [2.75, 3.05) is 0 Å². The Morgan fingerprint density at radius 3 is 1.97 bits per heavy atom. The van der Waals surface area contributed by atoms with E-state index in [1.54, 1.807) is 0 Å². The van der Waals surface area contributed by atoms with Crippen molar-refractivity contribution in [3.8, 4) is 11.5 Å². The number of fused-ring (bicyclic) bond motifs is 1. The van der Waals surface area contributed by atoms with Crippen LogP contribution in [-0.2, 0) is 15.6 Å². The second-order valence-corrected chi connectivity index (χ2v) is 10.6. The lowest BCUT2D eigenvalue weighted by Crippen LogP contribution is -2.34. The number of aryl methyl sites for hydroxylation is 1. The molecule has 3 aromatic rings. The van der Waals surface area contributed by atoms with Crippen LogP contribution in [0.25, 0.3) is 0 Å². The maximum absolute atomic E-state index is 13.4. The van der Waals surface area contributed by atoms with E-state index in [1.807, 2.05) is 37.3 Å². The van der Waals surface area contributed by atoms with Gasteiger partial charge < -0.3 is 14.6 Å². The van der Waals surface area contributed by atoms with Gasteiger partial charge in [-0.25, -0.2) is 9.59 Å². The lowest BCUT2D eigenvalue weighted by atomic mass is 9.63. The summed E-state index contributed by atoms with van der Waals surface area (Å²) < 4.78 is 11.8. The molecule has 4 rings (SSSR count). The van der Waals surface area contributed by atoms with Gasteiger partial charge in [-0.1, -0.05) is 63.6 Å². The van der Waals surface area contributed by atoms with E-state index >= 15 is 0 Å². The van der Waals surface area contributed by atoms with E-state index in [2.05, 4.69) is 39.8 Å². The first-order valence-electron chi connectivity index (χ1n) is 11.9. The van der Waals surface area contributed by atoms with Gasteiger partial charge in [0, 0.05) is 5.56 Å². The van der Waals surface area contributed by atoms with Crippen LogP contribution in [0.5, 0.6) is 11.5 Å². The summed E-state index contributed by atoms with van der Waals surface area (Å²) in [5.74, 6) is -0.780. The Hall–Kier alpha value is -3.60. The number of hydrogen-bond acceptors (Lipinski definition) is 4. The fourth-order valence-electron chi connectivity index (χ4n) is 4.61. The Morgan fingerprint density at radius 2 is 1.37 bits per heavy atom. The van der Waals surface area contributed by atoms with Crippen LogP contribution in [-0.4, -0.2) is 17.0 Å². The van der Waals surface area contributed by atoms with Crippen LogP contribution in [0.3, 0.4) is 0 Å². The zero-order valence-electron chi connectivity index (χ0n) is 20.9. The molecule has 0 aromatic heterocycles. The van der Waals surface area contributed by atoms with Gasteiger partial charge in [-0.15, -0.1) is 0 Å². The summed E-state index contributed by atoms with van der Waals surface area (Å²) in [6, 6.07) is 19.5. The zero-order valence-corrected chi connectivity index (χ0v) is 20.9. The minimum Gasteiger partial charge on any atom is -0.478 e. The average molecular weight is 473 g/mol. The Bertz CT molecular complexity index is 1240. The van der Waals surface area contributed by atoms with Crippen molar-refractivity contribution in [1.29, 1.82) is 0 Å². The van der Waals surface area contributed by atoms with E-state index in [9.17, 15) is 9.59 Å². The van der Waals surface area contributed by atoms with Crippen LogP contribution in [0.15, 0.2) is 66.7 Å². The third-order valence-electron chi connectivity index (χ3n) is 6.99. The van der Waals surface area contributed by atoms with Gasteiger partial charge in [-0.05, 0) is 78.1 Å². The number of aromatic carboxylic acids is 1. The summed E-state index contributed by atoms with van der Waals surface area (Å²) in [6.07, 6.45) is 1.17. The molecule has 0 fully saturated rings. The second-order valence-electron chi connectivity index (χ2n) is 10.6. The van der Waals surface area contributed by atoms with Crippen molar-refractivity contribution in [2.45, 2.75) is 64.4 Å². The summed E-state index contributed by atoms with van der Waals surface area (Å²) in [7, 11) is 0. The summed E-state index contributed by atoms with van der Waals surface area (Å²) in [4.78, 5) is 24.5. The van der Waals surface area contributed by atoms with Gasteiger partial charge in [-0.3, -0.25) is 0 Å². The molecule has 0 spiro atoms. The summed E-state index contributed by atoms with van der Waals surface area (Å²) >= 11 is 0. The zero-order chi connectivity index (χ0) is 25.4.